The summed E-state index contributed by atoms with van der Waals surface area (Å²) in [5, 5.41) is 0. The summed E-state index contributed by atoms with van der Waals surface area (Å²) in [6, 6.07) is 0. The predicted molar refractivity (Wildman–Crippen MR) is 103 cm³/mol. The molecule has 0 bridgehead atoms. The van der Waals surface area contributed by atoms with Crippen molar-refractivity contribution in [3.8, 4) is 0 Å². The molecule has 0 aromatic carbocycles. The van der Waals surface area contributed by atoms with E-state index in [2.05, 4.69) is 19.9 Å². The van der Waals surface area contributed by atoms with Crippen LogP contribution in [0.3, 0.4) is 0 Å². The van der Waals surface area contributed by atoms with E-state index in [1.54, 1.807) is 0 Å². The van der Waals surface area contributed by atoms with E-state index in [0.29, 0.717) is 0 Å². The van der Waals surface area contributed by atoms with Crippen molar-refractivity contribution in [1.82, 2.24) is 0 Å². The lowest BCUT2D eigenvalue weighted by Crippen LogP contribution is -2.27. The van der Waals surface area contributed by atoms with Gasteiger partial charge in [0.15, 0.2) is 0 Å². The molecule has 3 rings (SSSR count). The molecule has 1 heteroatoms. The lowest BCUT2D eigenvalue weighted by Gasteiger charge is -2.36. The first kappa shape index (κ1) is 18.3. The first-order valence-electron chi connectivity index (χ1n) is 11.1. The van der Waals surface area contributed by atoms with Crippen LogP contribution in [0, 0.1) is 29.6 Å². The van der Waals surface area contributed by atoms with Gasteiger partial charge in [-0.2, -0.15) is 0 Å². The van der Waals surface area contributed by atoms with Gasteiger partial charge in [0.1, 0.15) is 0 Å². The van der Waals surface area contributed by atoms with Gasteiger partial charge in [0, 0.05) is 6.42 Å². The third kappa shape index (κ3) is 5.27. The Morgan fingerprint density at radius 2 is 1.50 bits per heavy atom. The Hall–Kier alpha value is -0.460. The molecule has 138 valence electrons. The minimum atomic E-state index is 0.811. The molecule has 0 amide bonds. The van der Waals surface area contributed by atoms with Crippen molar-refractivity contribution < 1.29 is 4.74 Å². The normalized spacial score (nSPS) is 37.6. The smallest absolute Gasteiger partial charge is 0.0920 e. The average molecular weight is 333 g/mol. The van der Waals surface area contributed by atoms with E-state index in [9.17, 15) is 0 Å². The highest BCUT2D eigenvalue weighted by Gasteiger charge is 2.29. The fourth-order valence-corrected chi connectivity index (χ4v) is 5.41. The lowest BCUT2D eigenvalue weighted by molar-refractivity contribution is 0.0821. The third-order valence-electron chi connectivity index (χ3n) is 7.30. The van der Waals surface area contributed by atoms with E-state index < -0.39 is 0 Å². The van der Waals surface area contributed by atoms with E-state index >= 15 is 0 Å². The van der Waals surface area contributed by atoms with Crippen LogP contribution in [-0.4, -0.2) is 6.61 Å². The fraction of sp³-hybridized carbons (Fsp3) is 0.913. The van der Waals surface area contributed by atoms with Gasteiger partial charge in [-0.3, -0.25) is 0 Å². The third-order valence-corrected chi connectivity index (χ3v) is 7.30. The molecular formula is C23H40O. The maximum atomic E-state index is 6.01. The molecule has 0 N–H and O–H groups in total. The van der Waals surface area contributed by atoms with Gasteiger partial charge in [0.25, 0.3) is 0 Å². The van der Waals surface area contributed by atoms with Crippen molar-refractivity contribution in [1.29, 1.82) is 0 Å². The summed E-state index contributed by atoms with van der Waals surface area (Å²) in [5.74, 6) is 6.12. The molecule has 3 aliphatic rings. The number of rotatable bonds is 6. The van der Waals surface area contributed by atoms with Crippen LogP contribution < -0.4 is 0 Å². The Morgan fingerprint density at radius 1 is 0.875 bits per heavy atom. The van der Waals surface area contributed by atoms with Crippen molar-refractivity contribution >= 4 is 0 Å². The van der Waals surface area contributed by atoms with Crippen molar-refractivity contribution in [2.45, 2.75) is 97.3 Å². The first-order valence-corrected chi connectivity index (χ1v) is 11.1. The quantitative estimate of drug-likeness (QED) is 0.503. The minimum Gasteiger partial charge on any atom is -0.498 e. The molecule has 1 unspecified atom stereocenters. The molecule has 1 aliphatic heterocycles. The van der Waals surface area contributed by atoms with Crippen LogP contribution in [0.2, 0.25) is 0 Å². The first-order chi connectivity index (χ1) is 11.7. The number of hydrogen-bond acceptors (Lipinski definition) is 1. The summed E-state index contributed by atoms with van der Waals surface area (Å²) < 4.78 is 6.01. The van der Waals surface area contributed by atoms with E-state index in [-0.39, 0.29) is 0 Å². The van der Waals surface area contributed by atoms with Crippen LogP contribution in [0.25, 0.3) is 0 Å². The SMILES string of the molecule is CCCC1=CCC(C2CCC(CCC3CCC(C)CC3)CC2)CO1. The minimum absolute atomic E-state index is 0.811. The van der Waals surface area contributed by atoms with Gasteiger partial charge < -0.3 is 4.74 Å². The van der Waals surface area contributed by atoms with Gasteiger partial charge in [0.05, 0.1) is 12.4 Å². The van der Waals surface area contributed by atoms with Gasteiger partial charge >= 0.3 is 0 Å². The second-order valence-electron chi connectivity index (χ2n) is 9.21. The van der Waals surface area contributed by atoms with Crippen molar-refractivity contribution in [2.24, 2.45) is 29.6 Å². The zero-order valence-corrected chi connectivity index (χ0v) is 16.3. The Bertz CT molecular complexity index is 383. The van der Waals surface area contributed by atoms with Crippen LogP contribution in [0.15, 0.2) is 11.8 Å². The van der Waals surface area contributed by atoms with Crippen LogP contribution in [0.1, 0.15) is 97.3 Å². The van der Waals surface area contributed by atoms with Crippen LogP contribution in [0.4, 0.5) is 0 Å². The monoisotopic (exact) mass is 332 g/mol. The molecule has 1 heterocycles. The highest BCUT2D eigenvalue weighted by Crippen LogP contribution is 2.40. The Labute approximate surface area is 150 Å². The molecule has 0 radical (unpaired) electrons. The molecule has 2 fully saturated rings. The second kappa shape index (κ2) is 9.30. The van der Waals surface area contributed by atoms with Crippen molar-refractivity contribution in [2.75, 3.05) is 6.61 Å². The molecular weight excluding hydrogens is 292 g/mol. The molecule has 1 nitrogen and oxygen atoms in total. The van der Waals surface area contributed by atoms with E-state index in [4.69, 9.17) is 4.74 Å². The molecule has 0 aromatic rings. The Morgan fingerprint density at radius 3 is 2.04 bits per heavy atom. The number of ether oxygens (including phenoxy) is 1. The van der Waals surface area contributed by atoms with Gasteiger partial charge in [-0.25, -0.2) is 0 Å². The fourth-order valence-electron chi connectivity index (χ4n) is 5.41. The highest BCUT2D eigenvalue weighted by atomic mass is 16.5. The van der Waals surface area contributed by atoms with Crippen LogP contribution >= 0.6 is 0 Å². The summed E-state index contributed by atoms with van der Waals surface area (Å²) >= 11 is 0. The predicted octanol–water partition coefficient (Wildman–Crippen LogP) is 7.12. The molecule has 0 spiro atoms. The summed E-state index contributed by atoms with van der Waals surface area (Å²) in [6.07, 6.45) is 21.0. The maximum Gasteiger partial charge on any atom is 0.0920 e. The van der Waals surface area contributed by atoms with Crippen LogP contribution in [-0.2, 0) is 4.74 Å². The van der Waals surface area contributed by atoms with E-state index in [1.165, 1.54) is 82.8 Å². The van der Waals surface area contributed by atoms with Crippen molar-refractivity contribution in [3.63, 3.8) is 0 Å². The molecule has 0 saturated heterocycles. The highest BCUT2D eigenvalue weighted by molar-refractivity contribution is 4.99. The zero-order chi connectivity index (χ0) is 16.8. The summed E-state index contributed by atoms with van der Waals surface area (Å²) in [6.45, 7) is 5.68. The summed E-state index contributed by atoms with van der Waals surface area (Å²) in [7, 11) is 0. The summed E-state index contributed by atoms with van der Waals surface area (Å²) in [5.41, 5.74) is 0. The molecule has 2 saturated carbocycles. The Balaban J connectivity index is 1.33. The topological polar surface area (TPSA) is 9.23 Å². The standard InChI is InChI=1S/C23H40O/c1-3-4-23-16-15-22(17-24-23)21-13-11-20(12-14-21)10-9-19-7-5-18(2)6-8-19/h16,18-22H,3-15,17H2,1-2H3. The van der Waals surface area contributed by atoms with E-state index in [0.717, 1.165) is 42.6 Å². The average Bonchev–Trinajstić information content (AvgIpc) is 2.63. The molecule has 0 aromatic heterocycles. The largest absolute Gasteiger partial charge is 0.498 e. The lowest BCUT2D eigenvalue weighted by atomic mass is 9.72. The second-order valence-corrected chi connectivity index (χ2v) is 9.21. The Kier molecular flexibility index (Phi) is 7.10. The van der Waals surface area contributed by atoms with Gasteiger partial charge in [-0.1, -0.05) is 65.2 Å². The number of allylic oxidation sites excluding steroid dienone is 2. The summed E-state index contributed by atoms with van der Waals surface area (Å²) in [4.78, 5) is 0. The van der Waals surface area contributed by atoms with Gasteiger partial charge in [0.2, 0.25) is 0 Å². The molecule has 24 heavy (non-hydrogen) atoms. The maximum absolute atomic E-state index is 6.01. The van der Waals surface area contributed by atoms with Gasteiger partial charge in [-0.05, 0) is 61.3 Å². The zero-order valence-electron chi connectivity index (χ0n) is 16.3. The van der Waals surface area contributed by atoms with Crippen molar-refractivity contribution in [3.05, 3.63) is 11.8 Å². The van der Waals surface area contributed by atoms with Crippen LogP contribution in [0.5, 0.6) is 0 Å². The number of hydrogen-bond donors (Lipinski definition) is 0. The van der Waals surface area contributed by atoms with E-state index in [1.807, 2.05) is 0 Å². The molecule has 2 aliphatic carbocycles. The van der Waals surface area contributed by atoms with Gasteiger partial charge in [-0.15, -0.1) is 0 Å². The molecule has 1 atom stereocenters.